The second-order valence-corrected chi connectivity index (χ2v) is 5.99. The Hall–Kier alpha value is -1.40. The van der Waals surface area contributed by atoms with E-state index in [1.165, 1.54) is 17.4 Å². The van der Waals surface area contributed by atoms with E-state index in [0.717, 1.165) is 18.6 Å². The van der Waals surface area contributed by atoms with Crippen LogP contribution in [0.3, 0.4) is 0 Å². The molecule has 0 bridgehead atoms. The molecule has 0 heterocycles. The highest BCUT2D eigenvalue weighted by molar-refractivity contribution is 7.89. The average Bonchev–Trinajstić information content (AvgIpc) is 2.32. The Balaban J connectivity index is 2.91. The number of hydrogen-bond acceptors (Lipinski definition) is 3. The van der Waals surface area contributed by atoms with E-state index in [0.29, 0.717) is 13.0 Å². The topological polar surface area (TPSA) is 63.4 Å². The van der Waals surface area contributed by atoms with Gasteiger partial charge in [-0.2, -0.15) is 0 Å². The lowest BCUT2D eigenvalue weighted by molar-refractivity contribution is 0.462. The van der Waals surface area contributed by atoms with E-state index in [9.17, 15) is 12.8 Å². The molecule has 0 radical (unpaired) electrons. The van der Waals surface area contributed by atoms with Crippen molar-refractivity contribution in [2.75, 3.05) is 19.3 Å². The standard InChI is InChI=1S/C12H17FN2O2S/c1-3-4-5-8-15(2)18(16,17)10-6-7-11(13)12(14)9-10/h3,6-7,9H,1,4-5,8,14H2,2H3. The molecule has 4 nitrogen and oxygen atoms in total. The lowest BCUT2D eigenvalue weighted by Crippen LogP contribution is -2.28. The Bertz CT molecular complexity index is 529. The van der Waals surface area contributed by atoms with Crippen LogP contribution in [0.5, 0.6) is 0 Å². The molecule has 1 aromatic carbocycles. The lowest BCUT2D eigenvalue weighted by atomic mass is 10.3. The van der Waals surface area contributed by atoms with Crippen molar-refractivity contribution < 1.29 is 12.8 Å². The monoisotopic (exact) mass is 272 g/mol. The molecular formula is C12H17FN2O2S. The lowest BCUT2D eigenvalue weighted by Gasteiger charge is -2.17. The minimum Gasteiger partial charge on any atom is -0.396 e. The van der Waals surface area contributed by atoms with Crippen LogP contribution in [-0.4, -0.2) is 26.3 Å². The van der Waals surface area contributed by atoms with E-state index in [-0.39, 0.29) is 10.6 Å². The third-order valence-corrected chi connectivity index (χ3v) is 4.41. The van der Waals surface area contributed by atoms with Crippen LogP contribution in [0.25, 0.3) is 0 Å². The molecule has 0 aliphatic rings. The van der Waals surface area contributed by atoms with Crippen molar-refractivity contribution in [2.45, 2.75) is 17.7 Å². The van der Waals surface area contributed by atoms with Gasteiger partial charge in [-0.3, -0.25) is 0 Å². The second kappa shape index (κ2) is 5.97. The number of rotatable bonds is 6. The summed E-state index contributed by atoms with van der Waals surface area (Å²) >= 11 is 0. The van der Waals surface area contributed by atoms with Gasteiger partial charge < -0.3 is 5.73 Å². The van der Waals surface area contributed by atoms with Crippen molar-refractivity contribution in [1.82, 2.24) is 4.31 Å². The Morgan fingerprint density at radius 1 is 1.50 bits per heavy atom. The maximum atomic E-state index is 13.0. The zero-order valence-electron chi connectivity index (χ0n) is 10.3. The number of hydrogen-bond donors (Lipinski definition) is 1. The number of unbranched alkanes of at least 4 members (excludes halogenated alkanes) is 1. The normalized spacial score (nSPS) is 11.7. The Morgan fingerprint density at radius 2 is 2.17 bits per heavy atom. The van der Waals surface area contributed by atoms with Gasteiger partial charge in [0.05, 0.1) is 10.6 Å². The number of nitrogens with two attached hydrogens (primary N) is 1. The number of anilines is 1. The number of sulfonamides is 1. The summed E-state index contributed by atoms with van der Waals surface area (Å²) < 4.78 is 38.4. The highest BCUT2D eigenvalue weighted by Crippen LogP contribution is 2.19. The molecule has 0 saturated heterocycles. The van der Waals surface area contributed by atoms with Crippen LogP contribution in [0.15, 0.2) is 35.7 Å². The highest BCUT2D eigenvalue weighted by Gasteiger charge is 2.20. The van der Waals surface area contributed by atoms with E-state index in [2.05, 4.69) is 6.58 Å². The number of benzene rings is 1. The maximum absolute atomic E-state index is 13.0. The summed E-state index contributed by atoms with van der Waals surface area (Å²) in [4.78, 5) is 0.00232. The van der Waals surface area contributed by atoms with Crippen LogP contribution in [0.2, 0.25) is 0 Å². The second-order valence-electron chi connectivity index (χ2n) is 3.94. The van der Waals surface area contributed by atoms with E-state index >= 15 is 0 Å². The fraction of sp³-hybridized carbons (Fsp3) is 0.333. The minimum atomic E-state index is -3.61. The highest BCUT2D eigenvalue weighted by atomic mass is 32.2. The molecule has 0 aliphatic heterocycles. The summed E-state index contributed by atoms with van der Waals surface area (Å²) in [5, 5.41) is 0. The molecule has 18 heavy (non-hydrogen) atoms. The maximum Gasteiger partial charge on any atom is 0.242 e. The van der Waals surface area contributed by atoms with Gasteiger partial charge in [-0.1, -0.05) is 6.08 Å². The number of nitrogen functional groups attached to an aromatic ring is 1. The fourth-order valence-corrected chi connectivity index (χ4v) is 2.69. The average molecular weight is 272 g/mol. The first-order valence-corrected chi connectivity index (χ1v) is 6.96. The third kappa shape index (κ3) is 3.30. The molecule has 0 atom stereocenters. The predicted octanol–water partition coefficient (Wildman–Crippen LogP) is 1.99. The van der Waals surface area contributed by atoms with Crippen LogP contribution in [-0.2, 0) is 10.0 Å². The van der Waals surface area contributed by atoms with E-state index in [4.69, 9.17) is 5.73 Å². The molecule has 0 spiro atoms. The molecule has 0 saturated carbocycles. The first-order chi connectivity index (χ1) is 8.39. The van der Waals surface area contributed by atoms with Crippen LogP contribution in [0.1, 0.15) is 12.8 Å². The first-order valence-electron chi connectivity index (χ1n) is 5.52. The zero-order chi connectivity index (χ0) is 13.8. The van der Waals surface area contributed by atoms with Crippen molar-refractivity contribution in [3.05, 3.63) is 36.7 Å². The van der Waals surface area contributed by atoms with Crippen molar-refractivity contribution in [3.63, 3.8) is 0 Å². The SMILES string of the molecule is C=CCCCN(C)S(=O)(=O)c1ccc(F)c(N)c1. The summed E-state index contributed by atoms with van der Waals surface area (Å²) in [6, 6.07) is 3.40. The molecule has 100 valence electrons. The van der Waals surface area contributed by atoms with E-state index in [1.807, 2.05) is 0 Å². The quantitative estimate of drug-likeness (QED) is 0.489. The molecule has 0 fully saturated rings. The molecule has 0 amide bonds. The van der Waals surface area contributed by atoms with Gasteiger partial charge in [0.25, 0.3) is 0 Å². The van der Waals surface area contributed by atoms with Crippen LogP contribution >= 0.6 is 0 Å². The van der Waals surface area contributed by atoms with E-state index < -0.39 is 15.8 Å². The molecule has 0 aromatic heterocycles. The molecule has 0 aliphatic carbocycles. The van der Waals surface area contributed by atoms with Crippen molar-refractivity contribution >= 4 is 15.7 Å². The van der Waals surface area contributed by atoms with Gasteiger partial charge in [0.15, 0.2) is 0 Å². The summed E-state index contributed by atoms with van der Waals surface area (Å²) in [5.74, 6) is -0.622. The van der Waals surface area contributed by atoms with Crippen LogP contribution in [0, 0.1) is 5.82 Å². The van der Waals surface area contributed by atoms with Gasteiger partial charge in [-0.05, 0) is 31.0 Å². The minimum absolute atomic E-state index is 0.00232. The van der Waals surface area contributed by atoms with Gasteiger partial charge in [-0.15, -0.1) is 6.58 Å². The number of halogens is 1. The van der Waals surface area contributed by atoms with Gasteiger partial charge in [-0.25, -0.2) is 17.1 Å². The van der Waals surface area contributed by atoms with Gasteiger partial charge >= 0.3 is 0 Å². The van der Waals surface area contributed by atoms with Crippen molar-refractivity contribution in [1.29, 1.82) is 0 Å². The Kier molecular flexibility index (Phi) is 4.86. The van der Waals surface area contributed by atoms with Gasteiger partial charge in [0, 0.05) is 13.6 Å². The van der Waals surface area contributed by atoms with Gasteiger partial charge in [0.2, 0.25) is 10.0 Å². The van der Waals surface area contributed by atoms with Crippen LogP contribution < -0.4 is 5.73 Å². The van der Waals surface area contributed by atoms with E-state index in [1.54, 1.807) is 6.08 Å². The summed E-state index contributed by atoms with van der Waals surface area (Å²) in [6.45, 7) is 3.95. The summed E-state index contributed by atoms with van der Waals surface area (Å²) in [6.07, 6.45) is 3.16. The molecular weight excluding hydrogens is 255 g/mol. The first kappa shape index (κ1) is 14.7. The molecule has 1 aromatic rings. The molecule has 2 N–H and O–H groups in total. The molecule has 1 rings (SSSR count). The summed E-state index contributed by atoms with van der Waals surface area (Å²) in [7, 11) is -2.12. The largest absolute Gasteiger partial charge is 0.396 e. The molecule has 0 unspecified atom stereocenters. The Morgan fingerprint density at radius 3 is 2.72 bits per heavy atom. The van der Waals surface area contributed by atoms with Crippen LogP contribution in [0.4, 0.5) is 10.1 Å². The van der Waals surface area contributed by atoms with Crippen molar-refractivity contribution in [3.8, 4) is 0 Å². The third-order valence-electron chi connectivity index (χ3n) is 2.56. The molecule has 6 heteroatoms. The summed E-state index contributed by atoms with van der Waals surface area (Å²) in [5.41, 5.74) is 5.20. The van der Waals surface area contributed by atoms with Gasteiger partial charge in [0.1, 0.15) is 5.82 Å². The smallest absolute Gasteiger partial charge is 0.242 e. The number of allylic oxidation sites excluding steroid dienone is 1. The van der Waals surface area contributed by atoms with Crippen molar-refractivity contribution in [2.24, 2.45) is 0 Å². The fourth-order valence-electron chi connectivity index (χ4n) is 1.44. The zero-order valence-corrected chi connectivity index (χ0v) is 11.1. The predicted molar refractivity (Wildman–Crippen MR) is 70.1 cm³/mol. The number of nitrogens with zero attached hydrogens (tertiary/aromatic N) is 1. The Labute approximate surface area is 107 Å².